The summed E-state index contributed by atoms with van der Waals surface area (Å²) < 4.78 is 0. The third-order valence-corrected chi connectivity index (χ3v) is 5.67. The van der Waals surface area contributed by atoms with Crippen LogP contribution in [0.1, 0.15) is 50.7 Å². The lowest BCUT2D eigenvalue weighted by Crippen LogP contribution is -2.55. The molecule has 2 aliphatic carbocycles. The number of hydrogen-bond acceptors (Lipinski definition) is 2. The Morgan fingerprint density at radius 2 is 1.95 bits per heavy atom. The summed E-state index contributed by atoms with van der Waals surface area (Å²) in [6.45, 7) is 3.99. The minimum absolute atomic E-state index is 0.104. The average molecular weight is 255 g/mol. The van der Waals surface area contributed by atoms with Gasteiger partial charge in [-0.1, -0.05) is 31.2 Å². The third-order valence-electron chi connectivity index (χ3n) is 5.67. The molecule has 2 nitrogen and oxygen atoms in total. The van der Waals surface area contributed by atoms with Gasteiger partial charge in [0.2, 0.25) is 0 Å². The summed E-state index contributed by atoms with van der Waals surface area (Å²) in [5.41, 5.74) is 0.493. The molecule has 2 atom stereocenters. The molecule has 0 radical (unpaired) electrons. The summed E-state index contributed by atoms with van der Waals surface area (Å²) in [5, 5.41) is 21.1. The number of hydrogen-bond donors (Lipinski definition) is 1. The number of fused-ring (bicyclic) bond motifs is 1. The molecular formula is C17H21NO. The van der Waals surface area contributed by atoms with Crippen LogP contribution in [-0.2, 0) is 11.8 Å². The molecule has 1 aromatic carbocycles. The summed E-state index contributed by atoms with van der Waals surface area (Å²) >= 11 is 0. The molecule has 2 aliphatic rings. The highest BCUT2D eigenvalue weighted by atomic mass is 16.3. The zero-order valence-corrected chi connectivity index (χ0v) is 11.7. The summed E-state index contributed by atoms with van der Waals surface area (Å²) in [5.74, 6) is 0. The van der Waals surface area contributed by atoms with Crippen molar-refractivity contribution >= 4 is 0 Å². The van der Waals surface area contributed by atoms with Crippen molar-refractivity contribution in [1.29, 1.82) is 5.26 Å². The van der Waals surface area contributed by atoms with Crippen molar-refractivity contribution in [2.75, 3.05) is 0 Å². The van der Waals surface area contributed by atoms with Gasteiger partial charge in [-0.05, 0) is 55.6 Å². The highest BCUT2D eigenvalue weighted by Crippen LogP contribution is 2.62. The Morgan fingerprint density at radius 3 is 2.58 bits per heavy atom. The van der Waals surface area contributed by atoms with Crippen molar-refractivity contribution < 1.29 is 5.11 Å². The standard InChI is InChI=1S/C17H21NO/c1-15(10-11-15)16(2,19)17(12-18)9-5-7-13-6-3-4-8-14(13)17/h3-4,6,8,19H,5,7,9-11H2,1-2H3. The van der Waals surface area contributed by atoms with E-state index in [0.29, 0.717) is 0 Å². The Kier molecular flexibility index (Phi) is 2.56. The largest absolute Gasteiger partial charge is 0.388 e. The predicted molar refractivity (Wildman–Crippen MR) is 74.6 cm³/mol. The van der Waals surface area contributed by atoms with Gasteiger partial charge in [-0.25, -0.2) is 0 Å². The van der Waals surface area contributed by atoms with Gasteiger partial charge < -0.3 is 5.11 Å². The lowest BCUT2D eigenvalue weighted by Gasteiger charge is -2.47. The van der Waals surface area contributed by atoms with Gasteiger partial charge in [0.25, 0.3) is 0 Å². The van der Waals surface area contributed by atoms with Crippen LogP contribution in [0.15, 0.2) is 24.3 Å². The fourth-order valence-electron chi connectivity index (χ4n) is 3.75. The van der Waals surface area contributed by atoms with Gasteiger partial charge in [-0.3, -0.25) is 0 Å². The highest BCUT2D eigenvalue weighted by Gasteiger charge is 2.64. The Bertz CT molecular complexity index is 551. The summed E-state index contributed by atoms with van der Waals surface area (Å²) in [6, 6.07) is 10.7. The minimum Gasteiger partial charge on any atom is -0.388 e. The maximum absolute atomic E-state index is 11.2. The van der Waals surface area contributed by atoms with Crippen molar-refractivity contribution in [3.05, 3.63) is 35.4 Å². The first-order valence-corrected chi connectivity index (χ1v) is 7.19. The molecule has 1 saturated carbocycles. The second-order valence-corrected chi connectivity index (χ2v) is 6.66. The molecule has 0 aromatic heterocycles. The molecule has 1 fully saturated rings. The van der Waals surface area contributed by atoms with E-state index < -0.39 is 11.0 Å². The second-order valence-electron chi connectivity index (χ2n) is 6.66. The van der Waals surface area contributed by atoms with E-state index in [2.05, 4.69) is 19.1 Å². The minimum atomic E-state index is -0.953. The summed E-state index contributed by atoms with van der Waals surface area (Å²) in [6.07, 6.45) is 4.81. The monoisotopic (exact) mass is 255 g/mol. The molecule has 0 saturated heterocycles. The fourth-order valence-corrected chi connectivity index (χ4v) is 3.75. The van der Waals surface area contributed by atoms with E-state index in [1.54, 1.807) is 0 Å². The lowest BCUT2D eigenvalue weighted by molar-refractivity contribution is -0.0649. The molecule has 0 heterocycles. The van der Waals surface area contributed by atoms with Crippen LogP contribution in [0.25, 0.3) is 0 Å². The third kappa shape index (κ3) is 1.51. The van der Waals surface area contributed by atoms with Crippen LogP contribution in [0.4, 0.5) is 0 Å². The first-order chi connectivity index (χ1) is 8.97. The number of nitrogens with zero attached hydrogens (tertiary/aromatic N) is 1. The molecule has 0 bridgehead atoms. The maximum atomic E-state index is 11.2. The number of aryl methyl sites for hydroxylation is 1. The van der Waals surface area contributed by atoms with Gasteiger partial charge in [-0.15, -0.1) is 0 Å². The van der Waals surface area contributed by atoms with Gasteiger partial charge in [0, 0.05) is 0 Å². The molecule has 19 heavy (non-hydrogen) atoms. The molecule has 100 valence electrons. The quantitative estimate of drug-likeness (QED) is 0.881. The molecular weight excluding hydrogens is 234 g/mol. The van der Waals surface area contributed by atoms with E-state index in [-0.39, 0.29) is 5.41 Å². The van der Waals surface area contributed by atoms with Crippen molar-refractivity contribution in [2.45, 2.75) is 57.0 Å². The van der Waals surface area contributed by atoms with E-state index in [1.165, 1.54) is 5.56 Å². The van der Waals surface area contributed by atoms with Crippen LogP contribution in [0, 0.1) is 16.7 Å². The van der Waals surface area contributed by atoms with Crippen molar-refractivity contribution in [2.24, 2.45) is 5.41 Å². The van der Waals surface area contributed by atoms with Crippen LogP contribution in [0.5, 0.6) is 0 Å². The molecule has 1 N–H and O–H groups in total. The normalized spacial score (nSPS) is 30.8. The van der Waals surface area contributed by atoms with E-state index in [4.69, 9.17) is 0 Å². The van der Waals surface area contributed by atoms with Crippen molar-refractivity contribution in [3.8, 4) is 6.07 Å². The Balaban J connectivity index is 2.19. The van der Waals surface area contributed by atoms with Crippen LogP contribution in [-0.4, -0.2) is 10.7 Å². The molecule has 2 unspecified atom stereocenters. The van der Waals surface area contributed by atoms with Gasteiger partial charge in [0.05, 0.1) is 11.7 Å². The Labute approximate surface area is 115 Å². The molecule has 0 spiro atoms. The van der Waals surface area contributed by atoms with E-state index in [0.717, 1.165) is 37.7 Å². The second kappa shape index (κ2) is 3.84. The molecule has 1 aromatic rings. The van der Waals surface area contributed by atoms with Gasteiger partial charge in [0.1, 0.15) is 5.41 Å². The predicted octanol–water partition coefficient (Wildman–Crippen LogP) is 3.34. The van der Waals surface area contributed by atoms with Crippen LogP contribution < -0.4 is 0 Å². The summed E-state index contributed by atoms with van der Waals surface area (Å²) in [4.78, 5) is 0. The Morgan fingerprint density at radius 1 is 1.26 bits per heavy atom. The van der Waals surface area contributed by atoms with Crippen molar-refractivity contribution in [1.82, 2.24) is 0 Å². The SMILES string of the molecule is CC1(C(C)(O)C2(C#N)CCCc3ccccc32)CC1. The molecule has 0 aliphatic heterocycles. The number of benzene rings is 1. The van der Waals surface area contributed by atoms with Crippen molar-refractivity contribution in [3.63, 3.8) is 0 Å². The lowest BCUT2D eigenvalue weighted by atomic mass is 9.57. The van der Waals surface area contributed by atoms with E-state index in [9.17, 15) is 10.4 Å². The average Bonchev–Trinajstić information content (AvgIpc) is 3.17. The number of rotatable bonds is 2. The first-order valence-electron chi connectivity index (χ1n) is 7.19. The maximum Gasteiger partial charge on any atom is 0.111 e. The Hall–Kier alpha value is -1.33. The van der Waals surface area contributed by atoms with Crippen LogP contribution in [0.2, 0.25) is 0 Å². The zero-order valence-electron chi connectivity index (χ0n) is 11.7. The number of nitriles is 1. The topological polar surface area (TPSA) is 44.0 Å². The smallest absolute Gasteiger partial charge is 0.111 e. The van der Waals surface area contributed by atoms with Crippen LogP contribution in [0.3, 0.4) is 0 Å². The van der Waals surface area contributed by atoms with Gasteiger partial charge in [-0.2, -0.15) is 5.26 Å². The molecule has 0 amide bonds. The van der Waals surface area contributed by atoms with E-state index in [1.807, 2.05) is 25.1 Å². The van der Waals surface area contributed by atoms with Gasteiger partial charge in [0.15, 0.2) is 0 Å². The van der Waals surface area contributed by atoms with E-state index >= 15 is 0 Å². The number of aliphatic hydroxyl groups is 1. The molecule has 2 heteroatoms. The van der Waals surface area contributed by atoms with Gasteiger partial charge >= 0.3 is 0 Å². The zero-order chi connectivity index (χ0) is 13.7. The summed E-state index contributed by atoms with van der Waals surface area (Å²) in [7, 11) is 0. The highest BCUT2D eigenvalue weighted by molar-refractivity contribution is 5.46. The van der Waals surface area contributed by atoms with Crippen LogP contribution >= 0.6 is 0 Å². The first kappa shape index (κ1) is 12.7. The molecule has 3 rings (SSSR count). The fraction of sp³-hybridized carbons (Fsp3) is 0.588.